The lowest BCUT2D eigenvalue weighted by atomic mass is 10.3. The third kappa shape index (κ3) is 3.99. The molecule has 0 aliphatic carbocycles. The van der Waals surface area contributed by atoms with Gasteiger partial charge in [0.1, 0.15) is 0 Å². The Morgan fingerprint density at radius 2 is 2.38 bits per heavy atom. The van der Waals surface area contributed by atoms with Crippen molar-refractivity contribution in [3.05, 3.63) is 12.4 Å². The molecule has 0 radical (unpaired) electrons. The fourth-order valence-corrected chi connectivity index (χ4v) is 1.11. The van der Waals surface area contributed by atoms with Gasteiger partial charge in [-0.05, 0) is 6.42 Å². The molecule has 0 atom stereocenters. The van der Waals surface area contributed by atoms with Gasteiger partial charge in [0.25, 0.3) is 0 Å². The number of carboxylic acid groups (broad SMARTS) is 1. The predicted molar refractivity (Wildman–Crippen MR) is 57.1 cm³/mol. The highest BCUT2D eigenvalue weighted by Gasteiger charge is 2.09. The van der Waals surface area contributed by atoms with Crippen LogP contribution < -0.4 is 5.32 Å². The number of carboxylic acids is 1. The fourth-order valence-electron chi connectivity index (χ4n) is 1.11. The summed E-state index contributed by atoms with van der Waals surface area (Å²) in [4.78, 5) is 23.2. The van der Waals surface area contributed by atoms with E-state index < -0.39 is 5.97 Å². The quantitative estimate of drug-likeness (QED) is 0.689. The topological polar surface area (TPSA) is 98.3 Å². The predicted octanol–water partition coefficient (Wildman–Crippen LogP) is 0.738. The maximum absolute atomic E-state index is 11.5. The molecule has 0 unspecified atom stereocenters. The first-order valence-electron chi connectivity index (χ1n) is 4.82. The van der Waals surface area contributed by atoms with E-state index in [-0.39, 0.29) is 12.5 Å². The molecule has 1 aromatic heterocycles. The zero-order valence-electron chi connectivity index (χ0n) is 8.93. The van der Waals surface area contributed by atoms with Crippen LogP contribution in [-0.2, 0) is 4.79 Å². The second-order valence-corrected chi connectivity index (χ2v) is 3.34. The number of amides is 2. The van der Waals surface area contributed by atoms with Crippen LogP contribution in [0.15, 0.2) is 12.4 Å². The minimum Gasteiger partial charge on any atom is -0.481 e. The molecule has 0 aromatic carbocycles. The smallest absolute Gasteiger partial charge is 0.321 e. The van der Waals surface area contributed by atoms with Crippen LogP contribution in [-0.4, -0.2) is 45.8 Å². The van der Waals surface area contributed by atoms with Crippen LogP contribution in [0.5, 0.6) is 0 Å². The second-order valence-electron chi connectivity index (χ2n) is 3.34. The molecule has 7 nitrogen and oxygen atoms in total. The molecule has 0 saturated heterocycles. The van der Waals surface area contributed by atoms with E-state index in [9.17, 15) is 9.59 Å². The van der Waals surface area contributed by atoms with Crippen LogP contribution in [0.3, 0.4) is 0 Å². The molecule has 88 valence electrons. The summed E-state index contributed by atoms with van der Waals surface area (Å²) in [5.41, 5.74) is 0.579. The molecule has 1 rings (SSSR count). The van der Waals surface area contributed by atoms with Gasteiger partial charge in [-0.1, -0.05) is 0 Å². The number of aromatic nitrogens is 2. The highest BCUT2D eigenvalue weighted by molar-refractivity contribution is 5.88. The van der Waals surface area contributed by atoms with Crippen LogP contribution >= 0.6 is 0 Å². The number of nitrogens with one attached hydrogen (secondary N) is 2. The summed E-state index contributed by atoms with van der Waals surface area (Å²) in [7, 11) is 1.61. The highest BCUT2D eigenvalue weighted by Crippen LogP contribution is 2.03. The summed E-state index contributed by atoms with van der Waals surface area (Å²) in [6, 6.07) is -0.285. The molecule has 0 saturated carbocycles. The summed E-state index contributed by atoms with van der Waals surface area (Å²) >= 11 is 0. The van der Waals surface area contributed by atoms with E-state index in [0.717, 1.165) is 0 Å². The third-order valence-electron chi connectivity index (χ3n) is 1.98. The van der Waals surface area contributed by atoms with E-state index in [2.05, 4.69) is 15.5 Å². The van der Waals surface area contributed by atoms with Gasteiger partial charge in [0.05, 0.1) is 11.9 Å². The molecular formula is C9H14N4O3. The average Bonchev–Trinajstić information content (AvgIpc) is 2.69. The summed E-state index contributed by atoms with van der Waals surface area (Å²) < 4.78 is 0. The highest BCUT2D eigenvalue weighted by atomic mass is 16.4. The number of nitrogens with zero attached hydrogens (tertiary/aromatic N) is 2. The van der Waals surface area contributed by atoms with E-state index in [0.29, 0.717) is 18.7 Å². The Kier molecular flexibility index (Phi) is 4.31. The molecule has 1 aromatic rings. The Morgan fingerprint density at radius 1 is 1.62 bits per heavy atom. The van der Waals surface area contributed by atoms with Crippen LogP contribution in [0.1, 0.15) is 12.8 Å². The van der Waals surface area contributed by atoms with Crippen LogP contribution in [0, 0.1) is 0 Å². The Morgan fingerprint density at radius 3 is 2.94 bits per heavy atom. The first-order valence-corrected chi connectivity index (χ1v) is 4.82. The van der Waals surface area contributed by atoms with Crippen molar-refractivity contribution < 1.29 is 14.7 Å². The molecule has 0 fully saturated rings. The summed E-state index contributed by atoms with van der Waals surface area (Å²) in [6.07, 6.45) is 3.54. The first-order chi connectivity index (χ1) is 7.59. The van der Waals surface area contributed by atoms with Gasteiger partial charge in [0.2, 0.25) is 0 Å². The molecule has 1 heterocycles. The number of anilines is 1. The van der Waals surface area contributed by atoms with Gasteiger partial charge in [0, 0.05) is 26.2 Å². The van der Waals surface area contributed by atoms with Crippen molar-refractivity contribution >= 4 is 17.7 Å². The van der Waals surface area contributed by atoms with Crippen molar-refractivity contribution in [1.29, 1.82) is 0 Å². The fraction of sp³-hybridized carbons (Fsp3) is 0.444. The number of rotatable bonds is 5. The van der Waals surface area contributed by atoms with Crippen LogP contribution in [0.25, 0.3) is 0 Å². The molecule has 16 heavy (non-hydrogen) atoms. The van der Waals surface area contributed by atoms with Crippen molar-refractivity contribution in [3.8, 4) is 0 Å². The molecule has 7 heteroatoms. The minimum atomic E-state index is -0.858. The largest absolute Gasteiger partial charge is 0.481 e. The number of carbonyl (C=O) groups excluding carboxylic acids is 1. The van der Waals surface area contributed by atoms with Gasteiger partial charge < -0.3 is 15.3 Å². The number of carbonyl (C=O) groups is 2. The van der Waals surface area contributed by atoms with E-state index in [1.54, 1.807) is 13.2 Å². The Bertz CT molecular complexity index is 350. The zero-order valence-corrected chi connectivity index (χ0v) is 8.93. The Labute approximate surface area is 92.4 Å². The van der Waals surface area contributed by atoms with E-state index in [1.165, 1.54) is 11.1 Å². The van der Waals surface area contributed by atoms with Gasteiger partial charge in [-0.25, -0.2) is 4.79 Å². The number of aliphatic carboxylic acids is 1. The van der Waals surface area contributed by atoms with Gasteiger partial charge in [-0.15, -0.1) is 0 Å². The molecule has 0 bridgehead atoms. The maximum Gasteiger partial charge on any atom is 0.321 e. The first kappa shape index (κ1) is 12.0. The van der Waals surface area contributed by atoms with Crippen LogP contribution in [0.2, 0.25) is 0 Å². The molecular weight excluding hydrogens is 212 g/mol. The summed E-state index contributed by atoms with van der Waals surface area (Å²) in [6.45, 7) is 0.399. The standard InChI is InChI=1S/C9H14N4O3/c1-13(4-2-3-8(14)15)9(16)12-7-5-10-11-6-7/h5-6H,2-4H2,1H3,(H,10,11)(H,12,16)(H,14,15). The average molecular weight is 226 g/mol. The molecule has 2 amide bonds. The summed E-state index contributed by atoms with van der Waals surface area (Å²) in [5, 5.41) is 17.3. The van der Waals surface area contributed by atoms with Crippen molar-refractivity contribution in [2.24, 2.45) is 0 Å². The number of aromatic amines is 1. The number of hydrogen-bond donors (Lipinski definition) is 3. The maximum atomic E-state index is 11.5. The number of H-pyrrole nitrogens is 1. The third-order valence-corrected chi connectivity index (χ3v) is 1.98. The molecule has 0 spiro atoms. The second kappa shape index (κ2) is 5.74. The van der Waals surface area contributed by atoms with Crippen molar-refractivity contribution in [2.45, 2.75) is 12.8 Å². The van der Waals surface area contributed by atoms with Crippen molar-refractivity contribution in [3.63, 3.8) is 0 Å². The van der Waals surface area contributed by atoms with Gasteiger partial charge in [-0.3, -0.25) is 9.89 Å². The van der Waals surface area contributed by atoms with E-state index >= 15 is 0 Å². The lowest BCUT2D eigenvalue weighted by molar-refractivity contribution is -0.137. The molecule has 0 aliphatic heterocycles. The van der Waals surface area contributed by atoms with Crippen molar-refractivity contribution in [2.75, 3.05) is 18.9 Å². The molecule has 0 aliphatic rings. The van der Waals surface area contributed by atoms with E-state index in [1.807, 2.05) is 0 Å². The van der Waals surface area contributed by atoms with Crippen molar-refractivity contribution in [1.82, 2.24) is 15.1 Å². The Hall–Kier alpha value is -2.05. The van der Waals surface area contributed by atoms with Gasteiger partial charge in [-0.2, -0.15) is 5.10 Å². The zero-order chi connectivity index (χ0) is 12.0. The lowest BCUT2D eigenvalue weighted by Gasteiger charge is -2.16. The van der Waals surface area contributed by atoms with Gasteiger partial charge in [0.15, 0.2) is 0 Å². The lowest BCUT2D eigenvalue weighted by Crippen LogP contribution is -2.32. The SMILES string of the molecule is CN(CCCC(=O)O)C(=O)Nc1cn[nH]c1. The number of hydrogen-bond acceptors (Lipinski definition) is 3. The monoisotopic (exact) mass is 226 g/mol. The van der Waals surface area contributed by atoms with Gasteiger partial charge >= 0.3 is 12.0 Å². The van der Waals surface area contributed by atoms with Crippen LogP contribution in [0.4, 0.5) is 10.5 Å². The van der Waals surface area contributed by atoms with E-state index in [4.69, 9.17) is 5.11 Å². The number of urea groups is 1. The Balaban J connectivity index is 2.28. The normalized spacial score (nSPS) is 9.81. The summed E-state index contributed by atoms with van der Waals surface area (Å²) in [5.74, 6) is -0.858. The minimum absolute atomic E-state index is 0.0589. The molecule has 3 N–H and O–H groups in total.